The fourth-order valence-corrected chi connectivity index (χ4v) is 0.754. The summed E-state index contributed by atoms with van der Waals surface area (Å²) in [5, 5.41) is 3.30. The molecule has 0 heterocycles. The molecule has 0 aromatic rings. The van der Waals surface area contributed by atoms with Gasteiger partial charge in [0.25, 0.3) is 0 Å². The lowest BCUT2D eigenvalue weighted by atomic mass is 10.2. The first-order valence-electron chi connectivity index (χ1n) is 3.76. The molecule has 0 rings (SSSR count). The van der Waals surface area contributed by atoms with Gasteiger partial charge in [-0.25, -0.2) is 0 Å². The summed E-state index contributed by atoms with van der Waals surface area (Å²) in [7, 11) is 0. The van der Waals surface area contributed by atoms with Gasteiger partial charge in [-0.05, 0) is 19.8 Å². The van der Waals surface area contributed by atoms with E-state index in [9.17, 15) is 0 Å². The molecule has 1 heteroatoms. The molecule has 0 fully saturated rings. The van der Waals surface area contributed by atoms with Crippen molar-refractivity contribution in [1.29, 1.82) is 0 Å². The second kappa shape index (κ2) is 6.56. The van der Waals surface area contributed by atoms with E-state index in [2.05, 4.69) is 25.4 Å². The van der Waals surface area contributed by atoms with E-state index in [-0.39, 0.29) is 0 Å². The van der Waals surface area contributed by atoms with E-state index < -0.39 is 0 Å². The highest BCUT2D eigenvalue weighted by Gasteiger charge is 1.95. The second-order valence-corrected chi connectivity index (χ2v) is 2.46. The van der Waals surface area contributed by atoms with Crippen LogP contribution >= 0.6 is 0 Å². The number of hydrogen-bond donors (Lipinski definition) is 1. The van der Waals surface area contributed by atoms with Crippen molar-refractivity contribution in [3.63, 3.8) is 0 Å². The van der Waals surface area contributed by atoms with Gasteiger partial charge >= 0.3 is 0 Å². The highest BCUT2D eigenvalue weighted by molar-refractivity contribution is 4.75. The molecule has 0 saturated heterocycles. The zero-order valence-electron chi connectivity index (χ0n) is 6.77. The molecule has 1 atom stereocenters. The van der Waals surface area contributed by atoms with Crippen LogP contribution in [0.15, 0.2) is 25.3 Å². The summed E-state index contributed by atoms with van der Waals surface area (Å²) in [6.07, 6.45) is 6.08. The van der Waals surface area contributed by atoms with Crippen molar-refractivity contribution in [2.24, 2.45) is 0 Å². The van der Waals surface area contributed by atoms with Gasteiger partial charge in [0, 0.05) is 12.6 Å². The molecule has 0 spiro atoms. The quantitative estimate of drug-likeness (QED) is 0.556. The fourth-order valence-electron chi connectivity index (χ4n) is 0.754. The summed E-state index contributed by atoms with van der Waals surface area (Å²) in [5.74, 6) is 0. The van der Waals surface area contributed by atoms with Crippen LogP contribution in [0.2, 0.25) is 0 Å². The molecule has 0 aromatic heterocycles. The zero-order chi connectivity index (χ0) is 7.82. The Labute approximate surface area is 63.8 Å². The lowest BCUT2D eigenvalue weighted by Crippen LogP contribution is -2.25. The van der Waals surface area contributed by atoms with Crippen molar-refractivity contribution in [1.82, 2.24) is 5.32 Å². The monoisotopic (exact) mass is 139 g/mol. The van der Waals surface area contributed by atoms with Gasteiger partial charge < -0.3 is 5.32 Å². The van der Waals surface area contributed by atoms with Crippen LogP contribution in [0.25, 0.3) is 0 Å². The number of nitrogens with one attached hydrogen (secondary N) is 1. The van der Waals surface area contributed by atoms with Crippen molar-refractivity contribution in [2.75, 3.05) is 6.54 Å². The lowest BCUT2D eigenvalue weighted by Gasteiger charge is -2.09. The Morgan fingerprint density at radius 1 is 1.40 bits per heavy atom. The predicted octanol–water partition coefficient (Wildman–Crippen LogP) is 2.12. The number of rotatable bonds is 6. The minimum Gasteiger partial charge on any atom is -0.311 e. The van der Waals surface area contributed by atoms with Gasteiger partial charge in [0.2, 0.25) is 0 Å². The van der Waals surface area contributed by atoms with E-state index in [0.717, 1.165) is 19.4 Å². The van der Waals surface area contributed by atoms with Crippen LogP contribution in [-0.2, 0) is 0 Å². The van der Waals surface area contributed by atoms with Crippen molar-refractivity contribution in [3.05, 3.63) is 25.3 Å². The smallest absolute Gasteiger partial charge is 0.0134 e. The Morgan fingerprint density at radius 3 is 2.60 bits per heavy atom. The normalized spacial score (nSPS) is 12.5. The maximum Gasteiger partial charge on any atom is 0.0134 e. The van der Waals surface area contributed by atoms with E-state index in [1.165, 1.54) is 0 Å². The topological polar surface area (TPSA) is 12.0 Å². The number of hydrogen-bond acceptors (Lipinski definition) is 1. The van der Waals surface area contributed by atoms with E-state index in [0.29, 0.717) is 6.04 Å². The van der Waals surface area contributed by atoms with Crippen molar-refractivity contribution in [2.45, 2.75) is 25.8 Å². The average Bonchev–Trinajstić information content (AvgIpc) is 1.97. The zero-order valence-corrected chi connectivity index (χ0v) is 6.77. The van der Waals surface area contributed by atoms with Gasteiger partial charge in [0.1, 0.15) is 0 Å². The first kappa shape index (κ1) is 9.44. The third kappa shape index (κ3) is 5.57. The molecule has 0 radical (unpaired) electrons. The SMILES string of the molecule is C=CCCC(C)NCC=C. The molecule has 10 heavy (non-hydrogen) atoms. The molecule has 0 saturated carbocycles. The van der Waals surface area contributed by atoms with Crippen LogP contribution in [0.1, 0.15) is 19.8 Å². The minimum absolute atomic E-state index is 0.580. The third-order valence-corrected chi connectivity index (χ3v) is 1.41. The molecule has 58 valence electrons. The molecule has 1 N–H and O–H groups in total. The van der Waals surface area contributed by atoms with Crippen molar-refractivity contribution >= 4 is 0 Å². The molecule has 0 bridgehead atoms. The molecule has 0 aliphatic heterocycles. The highest BCUT2D eigenvalue weighted by atomic mass is 14.9. The van der Waals surface area contributed by atoms with E-state index in [4.69, 9.17) is 0 Å². The highest BCUT2D eigenvalue weighted by Crippen LogP contribution is 1.95. The van der Waals surface area contributed by atoms with E-state index >= 15 is 0 Å². The van der Waals surface area contributed by atoms with Gasteiger partial charge in [-0.15, -0.1) is 13.2 Å². The maximum absolute atomic E-state index is 3.66. The Bertz CT molecular complexity index is 84.9. The Balaban J connectivity index is 3.15. The number of allylic oxidation sites excluding steroid dienone is 1. The summed E-state index contributed by atoms with van der Waals surface area (Å²) in [5.41, 5.74) is 0. The second-order valence-electron chi connectivity index (χ2n) is 2.46. The Morgan fingerprint density at radius 2 is 2.10 bits per heavy atom. The minimum atomic E-state index is 0.580. The van der Waals surface area contributed by atoms with Gasteiger partial charge in [-0.1, -0.05) is 12.2 Å². The first-order chi connectivity index (χ1) is 4.81. The predicted molar refractivity (Wildman–Crippen MR) is 47.1 cm³/mol. The summed E-state index contributed by atoms with van der Waals surface area (Å²) in [6.45, 7) is 10.4. The first-order valence-corrected chi connectivity index (χ1v) is 3.76. The summed E-state index contributed by atoms with van der Waals surface area (Å²) >= 11 is 0. The third-order valence-electron chi connectivity index (χ3n) is 1.41. The summed E-state index contributed by atoms with van der Waals surface area (Å²) < 4.78 is 0. The molecular weight excluding hydrogens is 122 g/mol. The molecule has 0 aromatic carbocycles. The largest absolute Gasteiger partial charge is 0.311 e. The average molecular weight is 139 g/mol. The van der Waals surface area contributed by atoms with Crippen LogP contribution in [0, 0.1) is 0 Å². The fraction of sp³-hybridized carbons (Fsp3) is 0.556. The summed E-state index contributed by atoms with van der Waals surface area (Å²) in [4.78, 5) is 0. The van der Waals surface area contributed by atoms with Gasteiger partial charge in [0.15, 0.2) is 0 Å². The molecule has 0 amide bonds. The Kier molecular flexibility index (Phi) is 6.19. The van der Waals surface area contributed by atoms with Crippen LogP contribution in [-0.4, -0.2) is 12.6 Å². The van der Waals surface area contributed by atoms with Crippen LogP contribution in [0.4, 0.5) is 0 Å². The van der Waals surface area contributed by atoms with Crippen molar-refractivity contribution < 1.29 is 0 Å². The van der Waals surface area contributed by atoms with Gasteiger partial charge in [0.05, 0.1) is 0 Å². The lowest BCUT2D eigenvalue weighted by molar-refractivity contribution is 0.548. The van der Waals surface area contributed by atoms with Gasteiger partial charge in [-0.3, -0.25) is 0 Å². The molecule has 1 nitrogen and oxygen atoms in total. The maximum atomic E-state index is 3.66. The van der Waals surface area contributed by atoms with Gasteiger partial charge in [-0.2, -0.15) is 0 Å². The van der Waals surface area contributed by atoms with E-state index in [1.54, 1.807) is 0 Å². The van der Waals surface area contributed by atoms with Crippen LogP contribution in [0.3, 0.4) is 0 Å². The van der Waals surface area contributed by atoms with Crippen molar-refractivity contribution in [3.8, 4) is 0 Å². The molecule has 1 unspecified atom stereocenters. The molecule has 0 aliphatic rings. The molecular formula is C9H17N. The van der Waals surface area contributed by atoms with Crippen LogP contribution in [0.5, 0.6) is 0 Å². The van der Waals surface area contributed by atoms with E-state index in [1.807, 2.05) is 12.2 Å². The standard InChI is InChI=1S/C9H17N/c1-4-6-7-9(3)10-8-5-2/h4-5,9-10H,1-2,6-8H2,3H3. The molecule has 0 aliphatic carbocycles. The van der Waals surface area contributed by atoms with Crippen LogP contribution < -0.4 is 5.32 Å². The Hall–Kier alpha value is -0.560. The summed E-state index contributed by atoms with van der Waals surface area (Å²) in [6, 6.07) is 0.580.